The highest BCUT2D eigenvalue weighted by molar-refractivity contribution is 7.92. The SMILES string of the molecule is COc1cc2c(NS(=O)(=O)CC(F)(F)F)cnc(C(=O)c3cccc(OC(C)C)c3)c2cc1OC. The van der Waals surface area contributed by atoms with E-state index in [1.807, 2.05) is 18.6 Å². The van der Waals surface area contributed by atoms with Gasteiger partial charge in [-0.05, 0) is 38.1 Å². The Bertz CT molecular complexity index is 1360. The molecule has 0 aliphatic heterocycles. The number of carbonyl (C=O) groups excluding carboxylic acids is 1. The summed E-state index contributed by atoms with van der Waals surface area (Å²) in [5, 5.41) is 0.247. The van der Waals surface area contributed by atoms with Gasteiger partial charge in [0.15, 0.2) is 17.3 Å². The van der Waals surface area contributed by atoms with E-state index in [4.69, 9.17) is 14.2 Å². The first kappa shape index (κ1) is 26.1. The molecule has 0 saturated heterocycles. The Hall–Kier alpha value is -3.54. The maximum absolute atomic E-state index is 13.4. The molecule has 8 nitrogen and oxygen atoms in total. The fourth-order valence-corrected chi connectivity index (χ4v) is 4.37. The molecule has 35 heavy (non-hydrogen) atoms. The lowest BCUT2D eigenvalue weighted by Gasteiger charge is -2.16. The third kappa shape index (κ3) is 6.32. The van der Waals surface area contributed by atoms with Crippen molar-refractivity contribution in [2.45, 2.75) is 26.1 Å². The lowest BCUT2D eigenvalue weighted by molar-refractivity contribution is -0.106. The first-order valence-electron chi connectivity index (χ1n) is 10.3. The van der Waals surface area contributed by atoms with E-state index in [0.29, 0.717) is 5.75 Å². The molecule has 0 aliphatic rings. The number of ketones is 1. The molecule has 0 radical (unpaired) electrons. The summed E-state index contributed by atoms with van der Waals surface area (Å²) >= 11 is 0. The van der Waals surface area contributed by atoms with Crippen LogP contribution in [-0.2, 0) is 10.0 Å². The summed E-state index contributed by atoms with van der Waals surface area (Å²) in [6.45, 7) is 3.67. The molecule has 0 bridgehead atoms. The van der Waals surface area contributed by atoms with Crippen LogP contribution in [0, 0.1) is 0 Å². The van der Waals surface area contributed by atoms with Gasteiger partial charge in [0, 0.05) is 16.3 Å². The summed E-state index contributed by atoms with van der Waals surface area (Å²) in [7, 11) is -2.11. The van der Waals surface area contributed by atoms with Crippen molar-refractivity contribution in [3.63, 3.8) is 0 Å². The zero-order chi connectivity index (χ0) is 26.0. The molecule has 1 heterocycles. The molecule has 1 aromatic heterocycles. The number of nitrogens with zero attached hydrogens (tertiary/aromatic N) is 1. The number of carbonyl (C=O) groups is 1. The maximum atomic E-state index is 13.4. The number of hydrogen-bond donors (Lipinski definition) is 1. The Balaban J connectivity index is 2.17. The normalized spacial score (nSPS) is 12.0. The largest absolute Gasteiger partial charge is 0.493 e. The minimum atomic E-state index is -4.95. The van der Waals surface area contributed by atoms with Crippen molar-refractivity contribution in [2.75, 3.05) is 24.7 Å². The van der Waals surface area contributed by atoms with Gasteiger partial charge in [0.2, 0.25) is 15.8 Å². The first-order valence-corrected chi connectivity index (χ1v) is 11.9. The second-order valence-corrected chi connectivity index (χ2v) is 9.50. The molecule has 3 aromatic rings. The number of aromatic nitrogens is 1. The van der Waals surface area contributed by atoms with Crippen molar-refractivity contribution in [1.82, 2.24) is 4.98 Å². The lowest BCUT2D eigenvalue weighted by Crippen LogP contribution is -2.28. The Morgan fingerprint density at radius 3 is 2.26 bits per heavy atom. The van der Waals surface area contributed by atoms with E-state index in [-0.39, 0.29) is 45.3 Å². The molecule has 0 fully saturated rings. The van der Waals surface area contributed by atoms with E-state index < -0.39 is 27.7 Å². The standard InChI is InChI=1S/C23H23F3N2O6S/c1-13(2)34-15-7-5-6-14(8-15)22(29)21-17-10-20(33-4)19(32-3)9-16(17)18(11-27-21)28-35(30,31)12-23(24,25)26/h5-11,13,28H,12H2,1-4H3. The van der Waals surface area contributed by atoms with Gasteiger partial charge in [0.25, 0.3) is 0 Å². The van der Waals surface area contributed by atoms with E-state index >= 15 is 0 Å². The molecule has 12 heteroatoms. The molecule has 1 N–H and O–H groups in total. The minimum absolute atomic E-state index is 0.0681. The highest BCUT2D eigenvalue weighted by Crippen LogP contribution is 2.37. The van der Waals surface area contributed by atoms with Crippen LogP contribution in [0.5, 0.6) is 17.2 Å². The summed E-state index contributed by atoms with van der Waals surface area (Å²) in [5.74, 6) is -1.75. The van der Waals surface area contributed by atoms with Crippen molar-refractivity contribution in [1.29, 1.82) is 0 Å². The van der Waals surface area contributed by atoms with Crippen LogP contribution in [0.2, 0.25) is 0 Å². The summed E-state index contributed by atoms with van der Waals surface area (Å²) in [6, 6.07) is 9.19. The van der Waals surface area contributed by atoms with Gasteiger partial charge < -0.3 is 14.2 Å². The number of benzene rings is 2. The topological polar surface area (TPSA) is 104 Å². The van der Waals surface area contributed by atoms with Crippen molar-refractivity contribution < 1.29 is 40.6 Å². The predicted molar refractivity (Wildman–Crippen MR) is 124 cm³/mol. The van der Waals surface area contributed by atoms with Crippen LogP contribution >= 0.6 is 0 Å². The van der Waals surface area contributed by atoms with Crippen molar-refractivity contribution in [2.24, 2.45) is 0 Å². The lowest BCUT2D eigenvalue weighted by atomic mass is 10.0. The van der Waals surface area contributed by atoms with Gasteiger partial charge in [0.1, 0.15) is 11.4 Å². The summed E-state index contributed by atoms with van der Waals surface area (Å²) in [6.07, 6.45) is -4.08. The second kappa shape index (κ2) is 9.98. The number of ether oxygens (including phenoxy) is 3. The van der Waals surface area contributed by atoms with Gasteiger partial charge in [-0.3, -0.25) is 9.52 Å². The second-order valence-electron chi connectivity index (χ2n) is 7.77. The molecule has 0 saturated carbocycles. The highest BCUT2D eigenvalue weighted by atomic mass is 32.2. The number of alkyl halides is 3. The number of hydrogen-bond acceptors (Lipinski definition) is 7. The number of methoxy groups -OCH3 is 2. The van der Waals surface area contributed by atoms with Gasteiger partial charge >= 0.3 is 6.18 Å². The van der Waals surface area contributed by atoms with Crippen molar-refractivity contribution in [3.8, 4) is 17.2 Å². The smallest absolute Gasteiger partial charge is 0.404 e. The van der Waals surface area contributed by atoms with Crippen LogP contribution in [0.4, 0.5) is 18.9 Å². The molecular formula is C23H23F3N2O6S. The number of nitrogens with one attached hydrogen (secondary N) is 1. The Morgan fingerprint density at radius 1 is 1.06 bits per heavy atom. The monoisotopic (exact) mass is 512 g/mol. The average Bonchev–Trinajstić information content (AvgIpc) is 2.75. The van der Waals surface area contributed by atoms with Crippen LogP contribution in [0.1, 0.15) is 29.9 Å². The van der Waals surface area contributed by atoms with E-state index in [1.165, 1.54) is 32.4 Å². The van der Waals surface area contributed by atoms with Gasteiger partial charge in [-0.25, -0.2) is 13.4 Å². The molecule has 3 rings (SSSR count). The van der Waals surface area contributed by atoms with Crippen molar-refractivity contribution >= 4 is 32.3 Å². The van der Waals surface area contributed by atoms with Crippen LogP contribution < -0.4 is 18.9 Å². The van der Waals surface area contributed by atoms with Gasteiger partial charge in [-0.2, -0.15) is 13.2 Å². The summed E-state index contributed by atoms with van der Waals surface area (Å²) in [4.78, 5) is 17.4. The molecule has 0 spiro atoms. The van der Waals surface area contributed by atoms with Gasteiger partial charge in [0.05, 0.1) is 32.2 Å². The van der Waals surface area contributed by atoms with Crippen LogP contribution in [0.3, 0.4) is 0 Å². The van der Waals surface area contributed by atoms with Crippen LogP contribution in [-0.4, -0.2) is 51.4 Å². The maximum Gasteiger partial charge on any atom is 0.404 e. The zero-order valence-corrected chi connectivity index (χ0v) is 20.1. The average molecular weight is 513 g/mol. The van der Waals surface area contributed by atoms with E-state index in [0.717, 1.165) is 6.20 Å². The Kier molecular flexibility index (Phi) is 7.44. The fraction of sp³-hybridized carbons (Fsp3) is 0.304. The zero-order valence-electron chi connectivity index (χ0n) is 19.3. The summed E-state index contributed by atoms with van der Waals surface area (Å²) < 4.78 is 80.5. The van der Waals surface area contributed by atoms with Crippen molar-refractivity contribution in [3.05, 3.63) is 53.9 Å². The number of fused-ring (bicyclic) bond motifs is 1. The molecular weight excluding hydrogens is 489 g/mol. The van der Waals surface area contributed by atoms with E-state index in [2.05, 4.69) is 4.98 Å². The number of halogens is 3. The number of pyridine rings is 1. The summed E-state index contributed by atoms with van der Waals surface area (Å²) in [5.41, 5.74) is -0.0720. The third-order valence-electron chi connectivity index (χ3n) is 4.69. The number of rotatable bonds is 9. The minimum Gasteiger partial charge on any atom is -0.493 e. The molecule has 0 unspecified atom stereocenters. The van der Waals surface area contributed by atoms with Crippen LogP contribution in [0.25, 0.3) is 10.8 Å². The molecule has 0 amide bonds. The molecule has 2 aromatic carbocycles. The van der Waals surface area contributed by atoms with E-state index in [1.54, 1.807) is 18.2 Å². The van der Waals surface area contributed by atoms with Crippen LogP contribution in [0.15, 0.2) is 42.6 Å². The number of anilines is 1. The number of sulfonamides is 1. The quantitative estimate of drug-likeness (QED) is 0.419. The first-order chi connectivity index (χ1) is 16.3. The molecule has 0 aliphatic carbocycles. The molecule has 188 valence electrons. The van der Waals surface area contributed by atoms with E-state index in [9.17, 15) is 26.4 Å². The molecule has 0 atom stereocenters. The highest BCUT2D eigenvalue weighted by Gasteiger charge is 2.35. The van der Waals surface area contributed by atoms with Gasteiger partial charge in [-0.1, -0.05) is 12.1 Å². The van der Waals surface area contributed by atoms with Gasteiger partial charge in [-0.15, -0.1) is 0 Å². The Labute approximate surface area is 200 Å². The third-order valence-corrected chi connectivity index (χ3v) is 5.93. The fourth-order valence-electron chi connectivity index (χ4n) is 3.37. The predicted octanol–water partition coefficient (Wildman–Crippen LogP) is 4.57. The Morgan fingerprint density at radius 2 is 1.69 bits per heavy atom.